The molecule has 0 spiro atoms. The Morgan fingerprint density at radius 1 is 0.640 bits per heavy atom. The van der Waals surface area contributed by atoms with Crippen molar-refractivity contribution in [3.8, 4) is 0 Å². The maximum Gasteiger partial charge on any atom is 0.316 e. The van der Waals surface area contributed by atoms with Crippen LogP contribution in [0.25, 0.3) is 0 Å². The maximum atomic E-state index is 12.6. The summed E-state index contributed by atoms with van der Waals surface area (Å²) in [6.45, 7) is 1.98. The second-order valence-electron chi connectivity index (χ2n) is 6.00. The van der Waals surface area contributed by atoms with Crippen molar-refractivity contribution in [3.63, 3.8) is 0 Å². The summed E-state index contributed by atoms with van der Waals surface area (Å²) in [4.78, 5) is 12.6. The van der Waals surface area contributed by atoms with Gasteiger partial charge in [-0.05, 0) is 23.6 Å². The Kier molecular flexibility index (Phi) is 5.47. The number of nitrogens with one attached hydrogen (secondary N) is 2. The Hall–Kier alpha value is -3.07. The summed E-state index contributed by atoms with van der Waals surface area (Å²) in [6.07, 6.45) is 0. The lowest BCUT2D eigenvalue weighted by Gasteiger charge is -2.22. The molecular formula is C22H22N2O. The molecule has 0 heterocycles. The molecule has 0 fully saturated rings. The van der Waals surface area contributed by atoms with Gasteiger partial charge in [-0.15, -0.1) is 0 Å². The van der Waals surface area contributed by atoms with Crippen molar-refractivity contribution in [2.24, 2.45) is 0 Å². The predicted octanol–water partition coefficient (Wildman–Crippen LogP) is 4.84. The lowest BCUT2D eigenvalue weighted by Crippen LogP contribution is -2.39. The van der Waals surface area contributed by atoms with Gasteiger partial charge in [-0.25, -0.2) is 4.79 Å². The van der Waals surface area contributed by atoms with Crippen molar-refractivity contribution < 1.29 is 4.79 Å². The Morgan fingerprint density at radius 3 is 1.48 bits per heavy atom. The average molecular weight is 330 g/mol. The minimum atomic E-state index is -0.189. The summed E-state index contributed by atoms with van der Waals surface area (Å²) < 4.78 is 0. The van der Waals surface area contributed by atoms with E-state index in [1.54, 1.807) is 0 Å². The summed E-state index contributed by atoms with van der Waals surface area (Å²) in [7, 11) is 0. The molecule has 3 rings (SSSR count). The molecule has 3 aromatic carbocycles. The van der Waals surface area contributed by atoms with Crippen LogP contribution in [-0.2, 0) is 0 Å². The van der Waals surface area contributed by atoms with Gasteiger partial charge in [0, 0.05) is 0 Å². The van der Waals surface area contributed by atoms with Crippen LogP contribution in [-0.4, -0.2) is 6.03 Å². The Labute approximate surface area is 148 Å². The third-order valence-corrected chi connectivity index (χ3v) is 4.19. The third kappa shape index (κ3) is 4.48. The van der Waals surface area contributed by atoms with Crippen LogP contribution in [0.1, 0.15) is 35.7 Å². The van der Waals surface area contributed by atoms with E-state index in [1.807, 2.05) is 97.9 Å². The predicted molar refractivity (Wildman–Crippen MR) is 101 cm³/mol. The van der Waals surface area contributed by atoms with Gasteiger partial charge in [0.2, 0.25) is 0 Å². The number of rotatable bonds is 5. The smallest absolute Gasteiger partial charge is 0.316 e. The molecule has 25 heavy (non-hydrogen) atoms. The fourth-order valence-electron chi connectivity index (χ4n) is 2.84. The maximum absolute atomic E-state index is 12.6. The minimum absolute atomic E-state index is 0.0617. The van der Waals surface area contributed by atoms with Gasteiger partial charge < -0.3 is 10.6 Å². The van der Waals surface area contributed by atoms with E-state index >= 15 is 0 Å². The van der Waals surface area contributed by atoms with E-state index in [9.17, 15) is 4.79 Å². The van der Waals surface area contributed by atoms with Gasteiger partial charge in [0.15, 0.2) is 0 Å². The molecule has 126 valence electrons. The highest BCUT2D eigenvalue weighted by Gasteiger charge is 2.17. The topological polar surface area (TPSA) is 41.1 Å². The highest BCUT2D eigenvalue weighted by Crippen LogP contribution is 2.22. The molecule has 0 radical (unpaired) electrons. The fraction of sp³-hybridized carbons (Fsp3) is 0.136. The van der Waals surface area contributed by atoms with Gasteiger partial charge in [0.1, 0.15) is 0 Å². The Balaban J connectivity index is 1.75. The van der Waals surface area contributed by atoms with Crippen molar-refractivity contribution in [1.29, 1.82) is 0 Å². The molecule has 3 nitrogen and oxygen atoms in total. The second kappa shape index (κ2) is 8.15. The normalized spacial score (nSPS) is 11.8. The molecule has 0 bridgehead atoms. The summed E-state index contributed by atoms with van der Waals surface area (Å²) in [5, 5.41) is 6.12. The van der Waals surface area contributed by atoms with E-state index in [0.29, 0.717) is 0 Å². The Morgan fingerprint density at radius 2 is 1.04 bits per heavy atom. The van der Waals surface area contributed by atoms with Crippen molar-refractivity contribution >= 4 is 6.03 Å². The molecule has 2 amide bonds. The van der Waals surface area contributed by atoms with Gasteiger partial charge in [0.05, 0.1) is 12.1 Å². The summed E-state index contributed by atoms with van der Waals surface area (Å²) >= 11 is 0. The average Bonchev–Trinajstić information content (AvgIpc) is 2.68. The van der Waals surface area contributed by atoms with Crippen LogP contribution in [0, 0.1) is 0 Å². The highest BCUT2D eigenvalue weighted by atomic mass is 16.2. The zero-order valence-corrected chi connectivity index (χ0v) is 14.2. The standard InChI is InChI=1S/C22H22N2O/c1-17(18-11-5-2-6-12-18)23-22(25)24-21(19-13-7-3-8-14-19)20-15-9-4-10-16-20/h2-17,21H,1H3,(H2,23,24,25). The SMILES string of the molecule is CC(NC(=O)NC(c1ccccc1)c1ccccc1)c1ccccc1. The van der Waals surface area contributed by atoms with Crippen LogP contribution >= 0.6 is 0 Å². The molecule has 0 saturated heterocycles. The van der Waals surface area contributed by atoms with E-state index in [0.717, 1.165) is 16.7 Å². The van der Waals surface area contributed by atoms with Gasteiger partial charge in [-0.3, -0.25) is 0 Å². The zero-order valence-electron chi connectivity index (χ0n) is 14.2. The molecule has 0 aromatic heterocycles. The molecular weight excluding hydrogens is 308 g/mol. The van der Waals surface area contributed by atoms with E-state index in [-0.39, 0.29) is 18.1 Å². The first-order valence-electron chi connectivity index (χ1n) is 8.46. The number of benzene rings is 3. The van der Waals surface area contributed by atoms with Crippen molar-refractivity contribution in [2.45, 2.75) is 19.0 Å². The van der Waals surface area contributed by atoms with Crippen LogP contribution in [0.4, 0.5) is 4.79 Å². The van der Waals surface area contributed by atoms with E-state index in [1.165, 1.54) is 0 Å². The number of urea groups is 1. The number of hydrogen-bond donors (Lipinski definition) is 2. The number of carbonyl (C=O) groups excluding carboxylic acids is 1. The van der Waals surface area contributed by atoms with Gasteiger partial charge in [0.25, 0.3) is 0 Å². The highest BCUT2D eigenvalue weighted by molar-refractivity contribution is 5.75. The van der Waals surface area contributed by atoms with Crippen molar-refractivity contribution in [3.05, 3.63) is 108 Å². The summed E-state index contributed by atoms with van der Waals surface area (Å²) in [6, 6.07) is 29.5. The lowest BCUT2D eigenvalue weighted by atomic mass is 9.99. The zero-order chi connectivity index (χ0) is 17.5. The molecule has 3 heteroatoms. The summed E-state index contributed by atoms with van der Waals surface area (Å²) in [5.74, 6) is 0. The summed E-state index contributed by atoms with van der Waals surface area (Å²) in [5.41, 5.74) is 3.18. The lowest BCUT2D eigenvalue weighted by molar-refractivity contribution is 0.235. The molecule has 0 aliphatic rings. The van der Waals surface area contributed by atoms with Crippen LogP contribution < -0.4 is 10.6 Å². The van der Waals surface area contributed by atoms with Crippen LogP contribution in [0.2, 0.25) is 0 Å². The van der Waals surface area contributed by atoms with E-state index < -0.39 is 0 Å². The molecule has 0 aliphatic heterocycles. The number of hydrogen-bond acceptors (Lipinski definition) is 1. The molecule has 2 N–H and O–H groups in total. The number of amides is 2. The van der Waals surface area contributed by atoms with Crippen LogP contribution in [0.5, 0.6) is 0 Å². The third-order valence-electron chi connectivity index (χ3n) is 4.19. The molecule has 1 atom stereocenters. The van der Waals surface area contributed by atoms with Crippen LogP contribution in [0.3, 0.4) is 0 Å². The molecule has 3 aromatic rings. The molecule has 0 saturated carbocycles. The first-order chi connectivity index (χ1) is 12.2. The van der Waals surface area contributed by atoms with Crippen molar-refractivity contribution in [1.82, 2.24) is 10.6 Å². The first-order valence-corrected chi connectivity index (χ1v) is 8.46. The minimum Gasteiger partial charge on any atom is -0.332 e. The Bertz CT molecular complexity index is 749. The van der Waals surface area contributed by atoms with E-state index in [2.05, 4.69) is 10.6 Å². The van der Waals surface area contributed by atoms with Gasteiger partial charge in [-0.2, -0.15) is 0 Å². The van der Waals surface area contributed by atoms with Gasteiger partial charge >= 0.3 is 6.03 Å². The second-order valence-corrected chi connectivity index (χ2v) is 6.00. The first kappa shape index (κ1) is 16.8. The monoisotopic (exact) mass is 330 g/mol. The fourth-order valence-corrected chi connectivity index (χ4v) is 2.84. The van der Waals surface area contributed by atoms with E-state index in [4.69, 9.17) is 0 Å². The molecule has 1 unspecified atom stereocenters. The number of carbonyl (C=O) groups is 1. The largest absolute Gasteiger partial charge is 0.332 e. The molecule has 0 aliphatic carbocycles. The quantitative estimate of drug-likeness (QED) is 0.691. The van der Waals surface area contributed by atoms with Crippen molar-refractivity contribution in [2.75, 3.05) is 0 Å². The van der Waals surface area contributed by atoms with Crippen LogP contribution in [0.15, 0.2) is 91.0 Å². The van der Waals surface area contributed by atoms with Gasteiger partial charge in [-0.1, -0.05) is 91.0 Å².